The summed E-state index contributed by atoms with van der Waals surface area (Å²) in [6.45, 7) is 5.77. The lowest BCUT2D eigenvalue weighted by Crippen LogP contribution is -2.32. The van der Waals surface area contributed by atoms with E-state index in [4.69, 9.17) is 4.74 Å². The van der Waals surface area contributed by atoms with Gasteiger partial charge in [0, 0.05) is 10.7 Å². The highest BCUT2D eigenvalue weighted by Crippen LogP contribution is 2.41. The van der Waals surface area contributed by atoms with Gasteiger partial charge < -0.3 is 4.74 Å². The van der Waals surface area contributed by atoms with Gasteiger partial charge in [-0.1, -0.05) is 42.6 Å². The summed E-state index contributed by atoms with van der Waals surface area (Å²) in [4.78, 5) is 0. The highest BCUT2D eigenvalue weighted by Gasteiger charge is 2.35. The Labute approximate surface area is 115 Å². The Balaban J connectivity index is 1.75. The molecule has 2 saturated carbocycles. The standard InChI is InChI=1S/C15H27BrO/c1-14(2)9-5-13(6-10-14)17-12-15(11-16)7-3-4-8-15/h13H,3-12H2,1-2H3. The van der Waals surface area contributed by atoms with E-state index in [1.165, 1.54) is 51.4 Å². The van der Waals surface area contributed by atoms with E-state index in [1.807, 2.05) is 0 Å². The van der Waals surface area contributed by atoms with Crippen molar-refractivity contribution in [1.82, 2.24) is 0 Å². The quantitative estimate of drug-likeness (QED) is 0.669. The Kier molecular flexibility index (Phi) is 4.57. The van der Waals surface area contributed by atoms with E-state index < -0.39 is 0 Å². The van der Waals surface area contributed by atoms with Gasteiger partial charge in [-0.05, 0) is 43.9 Å². The predicted octanol–water partition coefficient (Wildman–Crippen LogP) is 4.93. The Hall–Kier alpha value is 0.440. The van der Waals surface area contributed by atoms with Crippen molar-refractivity contribution in [3.8, 4) is 0 Å². The Morgan fingerprint density at radius 2 is 1.65 bits per heavy atom. The third-order valence-corrected chi connectivity index (χ3v) is 6.05. The van der Waals surface area contributed by atoms with Crippen molar-refractivity contribution in [3.63, 3.8) is 0 Å². The van der Waals surface area contributed by atoms with Gasteiger partial charge >= 0.3 is 0 Å². The summed E-state index contributed by atoms with van der Waals surface area (Å²) in [6.07, 6.45) is 11.3. The van der Waals surface area contributed by atoms with Crippen LogP contribution in [0.25, 0.3) is 0 Å². The minimum atomic E-state index is 0.465. The molecule has 1 nitrogen and oxygen atoms in total. The van der Waals surface area contributed by atoms with E-state index in [2.05, 4.69) is 29.8 Å². The lowest BCUT2D eigenvalue weighted by atomic mass is 9.76. The van der Waals surface area contributed by atoms with Gasteiger partial charge in [-0.2, -0.15) is 0 Å². The van der Waals surface area contributed by atoms with Gasteiger partial charge in [0.15, 0.2) is 0 Å². The van der Waals surface area contributed by atoms with E-state index in [9.17, 15) is 0 Å². The summed E-state index contributed by atoms with van der Waals surface area (Å²) in [5.74, 6) is 0. The summed E-state index contributed by atoms with van der Waals surface area (Å²) >= 11 is 3.70. The summed E-state index contributed by atoms with van der Waals surface area (Å²) < 4.78 is 6.22. The molecule has 0 heterocycles. The minimum Gasteiger partial charge on any atom is -0.378 e. The zero-order valence-corrected chi connectivity index (χ0v) is 13.0. The SMILES string of the molecule is CC1(C)CCC(OCC2(CBr)CCCC2)CC1. The van der Waals surface area contributed by atoms with Crippen molar-refractivity contribution in [3.05, 3.63) is 0 Å². The second kappa shape index (κ2) is 5.61. The first kappa shape index (κ1) is 13.9. The molecule has 0 aromatic carbocycles. The van der Waals surface area contributed by atoms with Gasteiger partial charge in [-0.15, -0.1) is 0 Å². The van der Waals surface area contributed by atoms with Crippen molar-refractivity contribution in [2.75, 3.05) is 11.9 Å². The molecule has 0 aromatic heterocycles. The first-order chi connectivity index (χ1) is 8.05. The molecule has 0 aromatic rings. The van der Waals surface area contributed by atoms with Gasteiger partial charge in [0.1, 0.15) is 0 Å². The van der Waals surface area contributed by atoms with Crippen LogP contribution < -0.4 is 0 Å². The largest absolute Gasteiger partial charge is 0.378 e. The zero-order chi connectivity index (χ0) is 12.4. The van der Waals surface area contributed by atoms with Gasteiger partial charge in [-0.25, -0.2) is 0 Å². The first-order valence-corrected chi connectivity index (χ1v) is 8.35. The summed E-state index contributed by atoms with van der Waals surface area (Å²) in [5.41, 5.74) is 1.02. The number of hydrogen-bond acceptors (Lipinski definition) is 1. The molecule has 2 fully saturated rings. The molecule has 0 radical (unpaired) electrons. The molecule has 0 bridgehead atoms. The van der Waals surface area contributed by atoms with Crippen molar-refractivity contribution >= 4 is 15.9 Å². The van der Waals surface area contributed by atoms with E-state index >= 15 is 0 Å². The maximum atomic E-state index is 6.22. The third kappa shape index (κ3) is 3.70. The monoisotopic (exact) mass is 302 g/mol. The molecule has 0 unspecified atom stereocenters. The zero-order valence-electron chi connectivity index (χ0n) is 11.4. The predicted molar refractivity (Wildman–Crippen MR) is 76.7 cm³/mol. The molecule has 2 rings (SSSR count). The van der Waals surface area contributed by atoms with E-state index in [-0.39, 0.29) is 0 Å². The van der Waals surface area contributed by atoms with Crippen LogP contribution in [0, 0.1) is 10.8 Å². The van der Waals surface area contributed by atoms with Crippen molar-refractivity contribution in [2.45, 2.75) is 71.3 Å². The molecule has 100 valence electrons. The molecule has 2 heteroatoms. The summed E-state index contributed by atoms with van der Waals surface area (Å²) in [7, 11) is 0. The smallest absolute Gasteiger partial charge is 0.0575 e. The lowest BCUT2D eigenvalue weighted by Gasteiger charge is -2.36. The maximum absolute atomic E-state index is 6.22. The van der Waals surface area contributed by atoms with Gasteiger partial charge in [-0.3, -0.25) is 0 Å². The molecule has 0 N–H and O–H groups in total. The lowest BCUT2D eigenvalue weighted by molar-refractivity contribution is -0.0321. The molecular formula is C15H27BrO. The number of rotatable bonds is 4. The van der Waals surface area contributed by atoms with Crippen molar-refractivity contribution in [1.29, 1.82) is 0 Å². The van der Waals surface area contributed by atoms with Crippen molar-refractivity contribution < 1.29 is 4.74 Å². The molecule has 2 aliphatic carbocycles. The van der Waals surface area contributed by atoms with Gasteiger partial charge in [0.05, 0.1) is 12.7 Å². The Morgan fingerprint density at radius 1 is 1.06 bits per heavy atom. The number of halogens is 1. The third-order valence-electron chi connectivity index (χ3n) is 4.86. The topological polar surface area (TPSA) is 9.23 Å². The molecule has 17 heavy (non-hydrogen) atoms. The van der Waals surface area contributed by atoms with E-state index in [0.717, 1.165) is 11.9 Å². The van der Waals surface area contributed by atoms with Crippen LogP contribution in [0.1, 0.15) is 65.2 Å². The average Bonchev–Trinajstić information content (AvgIpc) is 2.77. The molecular weight excluding hydrogens is 276 g/mol. The number of alkyl halides is 1. The fraction of sp³-hybridized carbons (Fsp3) is 1.00. The number of ether oxygens (including phenoxy) is 1. The van der Waals surface area contributed by atoms with E-state index in [1.54, 1.807) is 0 Å². The minimum absolute atomic E-state index is 0.465. The number of hydrogen-bond donors (Lipinski definition) is 0. The van der Waals surface area contributed by atoms with E-state index in [0.29, 0.717) is 16.9 Å². The van der Waals surface area contributed by atoms with Crippen LogP contribution in [0.3, 0.4) is 0 Å². The van der Waals surface area contributed by atoms with Crippen LogP contribution >= 0.6 is 15.9 Å². The molecule has 0 atom stereocenters. The van der Waals surface area contributed by atoms with Gasteiger partial charge in [0.25, 0.3) is 0 Å². The summed E-state index contributed by atoms with van der Waals surface area (Å²) in [6, 6.07) is 0. The summed E-state index contributed by atoms with van der Waals surface area (Å²) in [5, 5.41) is 1.12. The van der Waals surface area contributed by atoms with Crippen molar-refractivity contribution in [2.24, 2.45) is 10.8 Å². The fourth-order valence-electron chi connectivity index (χ4n) is 3.28. The van der Waals surface area contributed by atoms with Crippen LogP contribution in [0.4, 0.5) is 0 Å². The van der Waals surface area contributed by atoms with Crippen LogP contribution in [0.15, 0.2) is 0 Å². The van der Waals surface area contributed by atoms with Gasteiger partial charge in [0.2, 0.25) is 0 Å². The average molecular weight is 303 g/mol. The normalized spacial score (nSPS) is 28.4. The fourth-order valence-corrected chi connectivity index (χ4v) is 4.00. The highest BCUT2D eigenvalue weighted by molar-refractivity contribution is 9.09. The Morgan fingerprint density at radius 3 is 2.18 bits per heavy atom. The highest BCUT2D eigenvalue weighted by atomic mass is 79.9. The second-order valence-electron chi connectivity index (χ2n) is 7.02. The molecule has 0 aliphatic heterocycles. The molecule has 0 amide bonds. The second-order valence-corrected chi connectivity index (χ2v) is 7.58. The molecule has 2 aliphatic rings. The maximum Gasteiger partial charge on any atom is 0.0575 e. The molecule has 0 saturated heterocycles. The van der Waals surface area contributed by atoms with Crippen LogP contribution in [0.2, 0.25) is 0 Å². The van der Waals surface area contributed by atoms with Crippen LogP contribution in [-0.2, 0) is 4.74 Å². The van der Waals surface area contributed by atoms with Crippen LogP contribution in [-0.4, -0.2) is 18.0 Å². The Bertz CT molecular complexity index is 233. The first-order valence-electron chi connectivity index (χ1n) is 7.23. The van der Waals surface area contributed by atoms with Crippen LogP contribution in [0.5, 0.6) is 0 Å². The molecule has 0 spiro atoms.